The van der Waals surface area contributed by atoms with Crippen molar-refractivity contribution in [2.24, 2.45) is 0 Å². The molecule has 0 atom stereocenters. The average molecular weight is 392 g/mol. The Kier molecular flexibility index (Phi) is 5.25. The lowest BCUT2D eigenvalue weighted by molar-refractivity contribution is 1.56. The first-order chi connectivity index (χ1) is 15.3. The largest absolute Gasteiger partial charge is 0.113 e. The van der Waals surface area contributed by atoms with Crippen LogP contribution in [0.2, 0.25) is 0 Å². The van der Waals surface area contributed by atoms with Gasteiger partial charge in [0, 0.05) is 0 Å². The summed E-state index contributed by atoms with van der Waals surface area (Å²) in [4.78, 5) is 0. The molecule has 0 aromatic heterocycles. The highest BCUT2D eigenvalue weighted by Crippen LogP contribution is 2.34. The van der Waals surface area contributed by atoms with E-state index in [9.17, 15) is 0 Å². The minimum Gasteiger partial charge on any atom is -0.0961 e. The summed E-state index contributed by atoms with van der Waals surface area (Å²) in [5.74, 6) is 0. The fourth-order valence-electron chi connectivity index (χ4n) is 3.99. The quantitative estimate of drug-likeness (QED) is 0.285. The third-order valence-electron chi connectivity index (χ3n) is 5.56. The second-order valence-electron chi connectivity index (χ2n) is 7.74. The molecule has 1 heteroatoms. The zero-order chi connectivity index (χ0) is 21.0. The van der Waals surface area contributed by atoms with Gasteiger partial charge in [0.05, 0.1) is 0 Å². The summed E-state index contributed by atoms with van der Waals surface area (Å²) < 4.78 is 0. The van der Waals surface area contributed by atoms with E-state index in [0.717, 1.165) is 16.6 Å². The molecule has 144 valence electrons. The van der Waals surface area contributed by atoms with Crippen LogP contribution >= 0.6 is 0 Å². The van der Waals surface area contributed by atoms with Gasteiger partial charge < -0.3 is 0 Å². The third-order valence-corrected chi connectivity index (χ3v) is 5.56. The van der Waals surface area contributed by atoms with E-state index in [1.165, 1.54) is 33.4 Å². The van der Waals surface area contributed by atoms with Crippen molar-refractivity contribution < 1.29 is 0 Å². The van der Waals surface area contributed by atoms with Crippen LogP contribution in [-0.4, -0.2) is 7.85 Å². The van der Waals surface area contributed by atoms with Crippen LogP contribution in [-0.2, 0) is 0 Å². The Hall–Kier alpha value is -3.84. The van der Waals surface area contributed by atoms with Crippen molar-refractivity contribution in [3.05, 3.63) is 127 Å². The molecule has 0 aliphatic carbocycles. The maximum Gasteiger partial charge on any atom is 0.113 e. The van der Waals surface area contributed by atoms with Crippen molar-refractivity contribution in [2.45, 2.75) is 0 Å². The Balaban J connectivity index is 1.66. The molecule has 31 heavy (non-hydrogen) atoms. The van der Waals surface area contributed by atoms with Gasteiger partial charge in [-0.25, -0.2) is 0 Å². The average Bonchev–Trinajstić information content (AvgIpc) is 2.85. The van der Waals surface area contributed by atoms with Gasteiger partial charge in [-0.15, -0.1) is 0 Å². The van der Waals surface area contributed by atoms with Crippen LogP contribution in [0.15, 0.2) is 127 Å². The van der Waals surface area contributed by atoms with E-state index in [2.05, 4.69) is 109 Å². The number of benzene rings is 5. The standard InChI is InChI=1S/C30H21B/c31-30-16-8-15-26(21-30)24-13-7-14-25(17-24)29-19-27(22-9-3-1-4-10-22)18-28(20-29)23-11-5-2-6-12-23/h1-21H. The zero-order valence-electron chi connectivity index (χ0n) is 17.2. The molecule has 0 aliphatic heterocycles. The predicted octanol–water partition coefficient (Wildman–Crippen LogP) is 7.15. The molecule has 0 spiro atoms. The topological polar surface area (TPSA) is 0 Å². The molecule has 0 amide bonds. The minimum atomic E-state index is 0.778. The molecular weight excluding hydrogens is 371 g/mol. The highest BCUT2D eigenvalue weighted by molar-refractivity contribution is 6.32. The fraction of sp³-hybridized carbons (Fsp3) is 0. The summed E-state index contributed by atoms with van der Waals surface area (Å²) in [5, 5.41) is 0. The molecule has 0 fully saturated rings. The molecule has 0 bridgehead atoms. The first kappa shape index (κ1) is 19.1. The maximum absolute atomic E-state index is 6.01. The second-order valence-corrected chi connectivity index (χ2v) is 7.74. The smallest absolute Gasteiger partial charge is 0.0961 e. The van der Waals surface area contributed by atoms with Crippen LogP contribution in [0, 0.1) is 0 Å². The Morgan fingerprint density at radius 1 is 0.290 bits per heavy atom. The van der Waals surface area contributed by atoms with Crippen molar-refractivity contribution in [2.75, 3.05) is 0 Å². The lowest BCUT2D eigenvalue weighted by Crippen LogP contribution is -2.00. The molecule has 0 saturated heterocycles. The van der Waals surface area contributed by atoms with E-state index in [-0.39, 0.29) is 0 Å². The molecule has 0 aliphatic rings. The Labute approximate surface area is 185 Å². The van der Waals surface area contributed by atoms with Gasteiger partial charge in [-0.2, -0.15) is 0 Å². The van der Waals surface area contributed by atoms with E-state index >= 15 is 0 Å². The van der Waals surface area contributed by atoms with E-state index in [4.69, 9.17) is 7.85 Å². The van der Waals surface area contributed by atoms with Crippen LogP contribution < -0.4 is 5.46 Å². The summed E-state index contributed by atoms with van der Waals surface area (Å²) in [6.07, 6.45) is 0. The Morgan fingerprint density at radius 3 is 1.16 bits per heavy atom. The lowest BCUT2D eigenvalue weighted by Gasteiger charge is -2.12. The van der Waals surface area contributed by atoms with Gasteiger partial charge >= 0.3 is 0 Å². The number of rotatable bonds is 4. The first-order valence-corrected chi connectivity index (χ1v) is 10.5. The van der Waals surface area contributed by atoms with Crippen LogP contribution in [0.5, 0.6) is 0 Å². The SMILES string of the molecule is [B]c1cccc(-c2cccc(-c3cc(-c4ccccc4)cc(-c4ccccc4)c3)c2)c1. The van der Waals surface area contributed by atoms with Crippen LogP contribution in [0.3, 0.4) is 0 Å². The molecule has 0 saturated carbocycles. The second kappa shape index (κ2) is 8.49. The van der Waals surface area contributed by atoms with E-state index in [0.29, 0.717) is 0 Å². The molecule has 5 aromatic rings. The van der Waals surface area contributed by atoms with E-state index in [1.54, 1.807) is 0 Å². The van der Waals surface area contributed by atoms with Crippen molar-refractivity contribution in [1.29, 1.82) is 0 Å². The maximum atomic E-state index is 6.01. The van der Waals surface area contributed by atoms with E-state index < -0.39 is 0 Å². The highest BCUT2D eigenvalue weighted by atomic mass is 14.1. The molecule has 0 unspecified atom stereocenters. The Bertz CT molecular complexity index is 1260. The summed E-state index contributed by atoms with van der Waals surface area (Å²) in [6, 6.07) is 44.7. The summed E-state index contributed by atoms with van der Waals surface area (Å²) >= 11 is 0. The minimum absolute atomic E-state index is 0.778. The number of hydrogen-bond donors (Lipinski definition) is 0. The normalized spacial score (nSPS) is 10.7. The zero-order valence-corrected chi connectivity index (χ0v) is 17.2. The monoisotopic (exact) mass is 392 g/mol. The molecule has 2 radical (unpaired) electrons. The van der Waals surface area contributed by atoms with Gasteiger partial charge in [0.15, 0.2) is 0 Å². The van der Waals surface area contributed by atoms with Crippen molar-refractivity contribution in [1.82, 2.24) is 0 Å². The summed E-state index contributed by atoms with van der Waals surface area (Å²) in [7, 11) is 6.01. The van der Waals surface area contributed by atoms with Crippen LogP contribution in [0.4, 0.5) is 0 Å². The number of hydrogen-bond acceptors (Lipinski definition) is 0. The molecule has 0 nitrogen and oxygen atoms in total. The molecule has 0 heterocycles. The van der Waals surface area contributed by atoms with Crippen LogP contribution in [0.25, 0.3) is 44.5 Å². The summed E-state index contributed by atoms with van der Waals surface area (Å²) in [6.45, 7) is 0. The molecule has 5 rings (SSSR count). The molecular formula is C30H21B. The highest BCUT2D eigenvalue weighted by Gasteiger charge is 2.08. The van der Waals surface area contributed by atoms with Crippen molar-refractivity contribution in [3.63, 3.8) is 0 Å². The fourth-order valence-corrected chi connectivity index (χ4v) is 3.99. The van der Waals surface area contributed by atoms with Gasteiger partial charge in [0.25, 0.3) is 0 Å². The van der Waals surface area contributed by atoms with Crippen molar-refractivity contribution in [3.8, 4) is 44.5 Å². The van der Waals surface area contributed by atoms with Gasteiger partial charge in [-0.1, -0.05) is 109 Å². The van der Waals surface area contributed by atoms with Crippen LogP contribution in [0.1, 0.15) is 0 Å². The van der Waals surface area contributed by atoms with Crippen molar-refractivity contribution >= 4 is 13.3 Å². The van der Waals surface area contributed by atoms with Gasteiger partial charge in [-0.3, -0.25) is 0 Å². The first-order valence-electron chi connectivity index (χ1n) is 10.5. The van der Waals surface area contributed by atoms with Gasteiger partial charge in [0.1, 0.15) is 7.85 Å². The third kappa shape index (κ3) is 4.22. The summed E-state index contributed by atoms with van der Waals surface area (Å²) in [5.41, 5.74) is 10.3. The molecule has 0 N–H and O–H groups in total. The van der Waals surface area contributed by atoms with Gasteiger partial charge in [-0.05, 0) is 68.8 Å². The predicted molar refractivity (Wildman–Crippen MR) is 134 cm³/mol. The van der Waals surface area contributed by atoms with E-state index in [1.807, 2.05) is 18.2 Å². The Morgan fingerprint density at radius 2 is 0.645 bits per heavy atom. The molecule has 5 aromatic carbocycles. The lowest BCUT2D eigenvalue weighted by atomic mass is 9.90. The van der Waals surface area contributed by atoms with Gasteiger partial charge in [0.2, 0.25) is 0 Å².